The Morgan fingerprint density at radius 2 is 1.76 bits per heavy atom. The number of aliphatic hydroxyl groups is 2. The Kier molecular flexibility index (Phi) is 3.61. The van der Waals surface area contributed by atoms with Crippen molar-refractivity contribution < 1.29 is 15.0 Å². The van der Waals surface area contributed by atoms with Gasteiger partial charge in [0, 0.05) is 16.9 Å². The molecule has 0 aromatic heterocycles. The Balaban J connectivity index is 1.79. The number of hydrogen-bond donors (Lipinski definition) is 2. The van der Waals surface area contributed by atoms with Crippen LogP contribution in [0.15, 0.2) is 53.6 Å². The van der Waals surface area contributed by atoms with E-state index in [1.54, 1.807) is 13.8 Å². The highest BCUT2D eigenvalue weighted by molar-refractivity contribution is 6.05. The number of rotatable bonds is 3. The van der Waals surface area contributed by atoms with Gasteiger partial charge in [0.1, 0.15) is 0 Å². The van der Waals surface area contributed by atoms with Crippen molar-refractivity contribution in [3.8, 4) is 0 Å². The highest BCUT2D eigenvalue weighted by Crippen LogP contribution is 2.66. The Morgan fingerprint density at radius 3 is 2.36 bits per heavy atom. The number of aryl methyl sites for hydroxylation is 1. The van der Waals surface area contributed by atoms with Crippen molar-refractivity contribution >= 4 is 5.78 Å². The number of ketones is 1. The molecule has 3 atom stereocenters. The summed E-state index contributed by atoms with van der Waals surface area (Å²) in [6, 6.07) is 10.3. The first-order valence-corrected chi connectivity index (χ1v) is 9.18. The first-order valence-electron chi connectivity index (χ1n) is 9.18. The molecule has 0 bridgehead atoms. The van der Waals surface area contributed by atoms with Crippen LogP contribution >= 0.6 is 0 Å². The molecule has 0 heterocycles. The summed E-state index contributed by atoms with van der Waals surface area (Å²) in [5.74, 6) is -0.516. The van der Waals surface area contributed by atoms with Gasteiger partial charge in [0.2, 0.25) is 0 Å². The molecular formula is C22H26O3. The molecule has 3 unspecified atom stereocenters. The van der Waals surface area contributed by atoms with Crippen molar-refractivity contribution in [3.05, 3.63) is 59.2 Å². The molecule has 3 aliphatic rings. The predicted molar refractivity (Wildman–Crippen MR) is 96.9 cm³/mol. The fourth-order valence-corrected chi connectivity index (χ4v) is 4.90. The number of hydrogen-bond acceptors (Lipinski definition) is 3. The number of carbonyl (C=O) groups is 1. The Labute approximate surface area is 149 Å². The lowest BCUT2D eigenvalue weighted by Crippen LogP contribution is -2.40. The van der Waals surface area contributed by atoms with Gasteiger partial charge in [0.15, 0.2) is 5.78 Å². The Bertz CT molecular complexity index is 768. The van der Waals surface area contributed by atoms with Crippen LogP contribution in [-0.2, 0) is 11.2 Å². The molecule has 1 spiro atoms. The maximum atomic E-state index is 13.1. The van der Waals surface area contributed by atoms with Gasteiger partial charge in [0.25, 0.3) is 0 Å². The van der Waals surface area contributed by atoms with E-state index in [4.69, 9.17) is 0 Å². The van der Waals surface area contributed by atoms with Crippen LogP contribution in [0.1, 0.15) is 38.7 Å². The third-order valence-electron chi connectivity index (χ3n) is 6.71. The zero-order chi connectivity index (χ0) is 18.0. The van der Waals surface area contributed by atoms with E-state index in [0.717, 1.165) is 36.8 Å². The molecule has 3 nitrogen and oxygen atoms in total. The molecule has 2 N–H and O–H groups in total. The maximum Gasteiger partial charge on any atom is 0.167 e. The van der Waals surface area contributed by atoms with E-state index in [0.29, 0.717) is 5.57 Å². The second kappa shape index (κ2) is 5.39. The van der Waals surface area contributed by atoms with Crippen LogP contribution in [0.5, 0.6) is 0 Å². The number of Topliss-reactive ketones (excluding diaryl/α,β-unsaturated/α-hetero) is 1. The summed E-state index contributed by atoms with van der Waals surface area (Å²) in [7, 11) is 0. The Morgan fingerprint density at radius 1 is 1.12 bits per heavy atom. The van der Waals surface area contributed by atoms with E-state index in [-0.39, 0.29) is 11.2 Å². The van der Waals surface area contributed by atoms with Crippen molar-refractivity contribution in [2.75, 3.05) is 0 Å². The normalized spacial score (nSPS) is 32.2. The topological polar surface area (TPSA) is 57.5 Å². The molecule has 4 rings (SSSR count). The third kappa shape index (κ3) is 2.22. The lowest BCUT2D eigenvalue weighted by Gasteiger charge is -2.38. The minimum Gasteiger partial charge on any atom is -0.391 e. The van der Waals surface area contributed by atoms with Crippen molar-refractivity contribution in [1.82, 2.24) is 0 Å². The van der Waals surface area contributed by atoms with Crippen molar-refractivity contribution in [3.63, 3.8) is 0 Å². The zero-order valence-corrected chi connectivity index (χ0v) is 15.0. The summed E-state index contributed by atoms with van der Waals surface area (Å²) >= 11 is 0. The van der Waals surface area contributed by atoms with E-state index >= 15 is 0 Å². The maximum absolute atomic E-state index is 13.1. The minimum absolute atomic E-state index is 0.00545. The lowest BCUT2D eigenvalue weighted by atomic mass is 9.69. The second-order valence-electron chi connectivity index (χ2n) is 8.45. The molecule has 0 amide bonds. The number of allylic oxidation sites excluding steroid dienone is 1. The van der Waals surface area contributed by atoms with Crippen molar-refractivity contribution in [2.24, 2.45) is 16.7 Å². The van der Waals surface area contributed by atoms with Gasteiger partial charge in [0.05, 0.1) is 17.6 Å². The first-order chi connectivity index (χ1) is 11.8. The molecule has 3 aliphatic carbocycles. The van der Waals surface area contributed by atoms with Gasteiger partial charge in [-0.15, -0.1) is 0 Å². The summed E-state index contributed by atoms with van der Waals surface area (Å²) in [6.45, 7) is 7.75. The van der Waals surface area contributed by atoms with Gasteiger partial charge in [-0.3, -0.25) is 4.79 Å². The summed E-state index contributed by atoms with van der Waals surface area (Å²) in [5.41, 5.74) is 2.81. The van der Waals surface area contributed by atoms with Gasteiger partial charge in [-0.25, -0.2) is 0 Å². The van der Waals surface area contributed by atoms with E-state index in [2.05, 4.69) is 18.7 Å². The van der Waals surface area contributed by atoms with Crippen LogP contribution in [0.4, 0.5) is 0 Å². The molecule has 2 saturated carbocycles. The Hall–Kier alpha value is -1.71. The van der Waals surface area contributed by atoms with Gasteiger partial charge in [-0.05, 0) is 36.8 Å². The van der Waals surface area contributed by atoms with Gasteiger partial charge >= 0.3 is 0 Å². The number of carbonyl (C=O) groups excluding carboxylic acids is 1. The minimum atomic E-state index is -0.857. The van der Waals surface area contributed by atoms with Crippen molar-refractivity contribution in [2.45, 2.75) is 51.7 Å². The van der Waals surface area contributed by atoms with E-state index in [9.17, 15) is 15.0 Å². The average Bonchev–Trinajstić information content (AvgIpc) is 3.37. The molecule has 1 aromatic rings. The molecule has 25 heavy (non-hydrogen) atoms. The van der Waals surface area contributed by atoms with Gasteiger partial charge < -0.3 is 10.2 Å². The predicted octanol–water partition coefficient (Wildman–Crippen LogP) is 3.21. The van der Waals surface area contributed by atoms with Gasteiger partial charge in [-0.1, -0.05) is 56.3 Å². The highest BCUT2D eigenvalue weighted by Gasteiger charge is 2.63. The lowest BCUT2D eigenvalue weighted by molar-refractivity contribution is -0.124. The van der Waals surface area contributed by atoms with E-state index in [1.807, 2.05) is 18.2 Å². The summed E-state index contributed by atoms with van der Waals surface area (Å²) < 4.78 is 0. The molecule has 0 radical (unpaired) electrons. The largest absolute Gasteiger partial charge is 0.391 e. The van der Waals surface area contributed by atoms with Crippen LogP contribution in [0.3, 0.4) is 0 Å². The number of aliphatic hydroxyl groups excluding tert-OH is 2. The first kappa shape index (κ1) is 16.7. The monoisotopic (exact) mass is 338 g/mol. The quantitative estimate of drug-likeness (QED) is 0.832. The molecule has 132 valence electrons. The second-order valence-corrected chi connectivity index (χ2v) is 8.45. The SMILES string of the molecule is C=C1C(O)C2C(=C(CCc3ccccc3)C13CC3)C(=O)C(C)(C)C2O. The number of fused-ring (bicyclic) bond motifs is 1. The van der Waals surface area contributed by atoms with E-state index in [1.165, 1.54) is 5.56 Å². The molecule has 1 aromatic carbocycles. The summed E-state index contributed by atoms with van der Waals surface area (Å²) in [6.07, 6.45) is 1.88. The van der Waals surface area contributed by atoms with Crippen molar-refractivity contribution in [1.29, 1.82) is 0 Å². The smallest absolute Gasteiger partial charge is 0.167 e. The van der Waals surface area contributed by atoms with Crippen LogP contribution in [0.2, 0.25) is 0 Å². The molecular weight excluding hydrogens is 312 g/mol. The number of benzene rings is 1. The van der Waals surface area contributed by atoms with Crippen LogP contribution in [-0.4, -0.2) is 28.2 Å². The fraction of sp³-hybridized carbons (Fsp3) is 0.500. The molecule has 3 heteroatoms. The van der Waals surface area contributed by atoms with E-state index < -0.39 is 23.5 Å². The molecule has 0 aliphatic heterocycles. The highest BCUT2D eigenvalue weighted by atomic mass is 16.3. The summed E-state index contributed by atoms with van der Waals surface area (Å²) in [4.78, 5) is 13.1. The van der Waals surface area contributed by atoms with Crippen LogP contribution in [0.25, 0.3) is 0 Å². The van der Waals surface area contributed by atoms with Crippen LogP contribution in [0, 0.1) is 16.7 Å². The standard InChI is InChI=1S/C22H26O3/c1-13-18(23)17-16(19(24)21(2,3)20(17)25)15(22(13)11-12-22)10-9-14-7-5-4-6-8-14/h4-8,17-18,20,23,25H,1,9-12H2,2-3H3. The molecule has 2 fully saturated rings. The summed E-state index contributed by atoms with van der Waals surface area (Å²) in [5, 5.41) is 21.5. The average molecular weight is 338 g/mol. The third-order valence-corrected chi connectivity index (χ3v) is 6.71. The zero-order valence-electron chi connectivity index (χ0n) is 15.0. The van der Waals surface area contributed by atoms with Crippen LogP contribution < -0.4 is 0 Å². The molecule has 0 saturated heterocycles. The van der Waals surface area contributed by atoms with Gasteiger partial charge in [-0.2, -0.15) is 0 Å². The fourth-order valence-electron chi connectivity index (χ4n) is 4.90.